The number of rotatable bonds is 6. The molecule has 0 aromatic heterocycles. The number of carbonyl (C=O) groups is 2. The van der Waals surface area contributed by atoms with E-state index in [4.69, 9.17) is 4.84 Å². The van der Waals surface area contributed by atoms with Gasteiger partial charge in [-0.15, -0.1) is 0 Å². The summed E-state index contributed by atoms with van der Waals surface area (Å²) in [5.74, 6) is -1.71. The molecule has 10 heteroatoms. The van der Waals surface area contributed by atoms with Crippen LogP contribution < -0.4 is 0 Å². The molecule has 7 nitrogen and oxygen atoms in total. The highest BCUT2D eigenvalue weighted by Crippen LogP contribution is 2.29. The summed E-state index contributed by atoms with van der Waals surface area (Å²) in [6.45, 7) is 0. The van der Waals surface area contributed by atoms with Crippen LogP contribution in [0.3, 0.4) is 0 Å². The van der Waals surface area contributed by atoms with Crippen LogP contribution in [0.2, 0.25) is 0 Å². The molecule has 0 fully saturated rings. The predicted molar refractivity (Wildman–Crippen MR) is 96.5 cm³/mol. The van der Waals surface area contributed by atoms with Gasteiger partial charge in [0.05, 0.1) is 24.5 Å². The summed E-state index contributed by atoms with van der Waals surface area (Å²) in [6.07, 6.45) is -3.36. The number of carbonyl (C=O) groups excluding carboxylic acids is 2. The predicted octanol–water partition coefficient (Wildman–Crippen LogP) is 3.42. The van der Waals surface area contributed by atoms with Gasteiger partial charge in [0.25, 0.3) is 0 Å². The standard InChI is InChI=1S/C19H15F3N2O5/c1-27-18(26)16(24-28-2)15-6-4-3-5-13(15)11-23-29-17(25)12-7-9-14(10-8-12)19(20,21)22/h3-11H,1-2H3/b23-11+,24-16-. The van der Waals surface area contributed by atoms with Crippen LogP contribution in [-0.4, -0.2) is 38.1 Å². The molecule has 2 rings (SSSR count). The summed E-state index contributed by atoms with van der Waals surface area (Å²) in [7, 11) is 2.43. The highest BCUT2D eigenvalue weighted by atomic mass is 19.4. The van der Waals surface area contributed by atoms with Crippen molar-refractivity contribution in [3.8, 4) is 0 Å². The van der Waals surface area contributed by atoms with Gasteiger partial charge in [0, 0.05) is 11.1 Å². The zero-order valence-electron chi connectivity index (χ0n) is 15.3. The summed E-state index contributed by atoms with van der Waals surface area (Å²) >= 11 is 0. The maximum absolute atomic E-state index is 12.6. The molecule has 0 saturated heterocycles. The topological polar surface area (TPSA) is 86.6 Å². The van der Waals surface area contributed by atoms with Crippen molar-refractivity contribution >= 4 is 23.9 Å². The molecule has 0 aliphatic rings. The molecule has 0 heterocycles. The number of ether oxygens (including phenoxy) is 1. The van der Waals surface area contributed by atoms with Crippen molar-refractivity contribution in [2.75, 3.05) is 14.2 Å². The van der Waals surface area contributed by atoms with Crippen molar-refractivity contribution < 1.29 is 37.2 Å². The van der Waals surface area contributed by atoms with Gasteiger partial charge in [-0.2, -0.15) is 13.2 Å². The Morgan fingerprint density at radius 2 is 1.66 bits per heavy atom. The number of oxime groups is 2. The molecule has 0 unspecified atom stereocenters. The Hall–Kier alpha value is -3.69. The third-order valence-corrected chi connectivity index (χ3v) is 3.55. The summed E-state index contributed by atoms with van der Waals surface area (Å²) in [6, 6.07) is 9.88. The lowest BCUT2D eigenvalue weighted by Gasteiger charge is -2.07. The minimum Gasteiger partial charge on any atom is -0.464 e. The van der Waals surface area contributed by atoms with Gasteiger partial charge in [0.2, 0.25) is 0 Å². The summed E-state index contributed by atoms with van der Waals surface area (Å²) in [5, 5.41) is 7.16. The van der Waals surface area contributed by atoms with E-state index >= 15 is 0 Å². The lowest BCUT2D eigenvalue weighted by molar-refractivity contribution is -0.137. The lowest BCUT2D eigenvalue weighted by Crippen LogP contribution is -2.19. The molecule has 2 aromatic rings. The van der Waals surface area contributed by atoms with Gasteiger partial charge in [-0.3, -0.25) is 0 Å². The fourth-order valence-electron chi connectivity index (χ4n) is 2.19. The second-order valence-electron chi connectivity index (χ2n) is 5.39. The monoisotopic (exact) mass is 408 g/mol. The van der Waals surface area contributed by atoms with Crippen molar-refractivity contribution in [2.45, 2.75) is 6.18 Å². The Kier molecular flexibility index (Phi) is 7.07. The van der Waals surface area contributed by atoms with Crippen LogP contribution >= 0.6 is 0 Å². The largest absolute Gasteiger partial charge is 0.464 e. The second kappa shape index (κ2) is 9.49. The number of nitrogens with zero attached hydrogens (tertiary/aromatic N) is 2. The molecule has 0 radical (unpaired) electrons. The van der Waals surface area contributed by atoms with Crippen molar-refractivity contribution in [2.24, 2.45) is 10.3 Å². The van der Waals surface area contributed by atoms with Gasteiger partial charge < -0.3 is 14.4 Å². The van der Waals surface area contributed by atoms with Crippen LogP contribution in [0.5, 0.6) is 0 Å². The van der Waals surface area contributed by atoms with E-state index in [1.165, 1.54) is 14.2 Å². The third kappa shape index (κ3) is 5.64. The molecule has 29 heavy (non-hydrogen) atoms. The molecular weight excluding hydrogens is 393 g/mol. The van der Waals surface area contributed by atoms with Gasteiger partial charge >= 0.3 is 18.1 Å². The van der Waals surface area contributed by atoms with Crippen LogP contribution in [0.1, 0.15) is 27.0 Å². The van der Waals surface area contributed by atoms with Gasteiger partial charge in [0.1, 0.15) is 7.11 Å². The molecule has 2 aromatic carbocycles. The van der Waals surface area contributed by atoms with E-state index < -0.39 is 23.7 Å². The number of methoxy groups -OCH3 is 1. The average molecular weight is 408 g/mol. The minimum absolute atomic E-state index is 0.111. The van der Waals surface area contributed by atoms with Gasteiger partial charge in [-0.1, -0.05) is 34.6 Å². The van der Waals surface area contributed by atoms with E-state index in [0.29, 0.717) is 11.1 Å². The molecule has 0 bridgehead atoms. The summed E-state index contributed by atoms with van der Waals surface area (Å²) < 4.78 is 42.3. The van der Waals surface area contributed by atoms with Crippen LogP contribution in [0, 0.1) is 0 Å². The van der Waals surface area contributed by atoms with E-state index in [1.807, 2.05) is 0 Å². The first-order valence-corrected chi connectivity index (χ1v) is 7.98. The van der Waals surface area contributed by atoms with Crippen molar-refractivity contribution in [3.63, 3.8) is 0 Å². The molecule has 0 aliphatic carbocycles. The SMILES string of the molecule is CO/N=C(\C(=O)OC)c1ccccc1/C=N/OC(=O)c1ccc(C(F)(F)F)cc1. The Morgan fingerprint density at radius 3 is 2.24 bits per heavy atom. The molecule has 0 amide bonds. The van der Waals surface area contributed by atoms with E-state index in [9.17, 15) is 22.8 Å². The zero-order chi connectivity index (χ0) is 21.4. The van der Waals surface area contributed by atoms with Crippen molar-refractivity contribution in [1.29, 1.82) is 0 Å². The molecule has 0 atom stereocenters. The first kappa shape index (κ1) is 21.6. The van der Waals surface area contributed by atoms with Crippen molar-refractivity contribution in [3.05, 3.63) is 70.8 Å². The van der Waals surface area contributed by atoms with Crippen molar-refractivity contribution in [1.82, 2.24) is 0 Å². The summed E-state index contributed by atoms with van der Waals surface area (Å²) in [5.41, 5.74) is -0.477. The lowest BCUT2D eigenvalue weighted by atomic mass is 10.0. The van der Waals surface area contributed by atoms with E-state index in [0.717, 1.165) is 30.5 Å². The number of hydrogen-bond donors (Lipinski definition) is 0. The van der Waals surface area contributed by atoms with E-state index in [-0.39, 0.29) is 11.3 Å². The number of alkyl halides is 3. The highest BCUT2D eigenvalue weighted by molar-refractivity contribution is 6.44. The van der Waals surface area contributed by atoms with Crippen LogP contribution in [0.15, 0.2) is 58.8 Å². The second-order valence-corrected chi connectivity index (χ2v) is 5.39. The van der Waals surface area contributed by atoms with E-state index in [1.54, 1.807) is 24.3 Å². The maximum Gasteiger partial charge on any atom is 0.416 e. The van der Waals surface area contributed by atoms with Crippen LogP contribution in [0.4, 0.5) is 13.2 Å². The van der Waals surface area contributed by atoms with Gasteiger partial charge in [0.15, 0.2) is 5.71 Å². The highest BCUT2D eigenvalue weighted by Gasteiger charge is 2.30. The molecule has 0 spiro atoms. The molecule has 152 valence electrons. The first-order chi connectivity index (χ1) is 13.8. The fourth-order valence-corrected chi connectivity index (χ4v) is 2.19. The van der Waals surface area contributed by atoms with Gasteiger partial charge in [-0.25, -0.2) is 9.59 Å². The van der Waals surface area contributed by atoms with E-state index in [2.05, 4.69) is 19.9 Å². The molecule has 0 saturated carbocycles. The average Bonchev–Trinajstić information content (AvgIpc) is 2.71. The van der Waals surface area contributed by atoms with Gasteiger partial charge in [-0.05, 0) is 24.3 Å². The summed E-state index contributed by atoms with van der Waals surface area (Å²) in [4.78, 5) is 33.2. The molecule has 0 aliphatic heterocycles. The van der Waals surface area contributed by atoms with Crippen LogP contribution in [0.25, 0.3) is 0 Å². The molecule has 0 N–H and O–H groups in total. The quantitative estimate of drug-likeness (QED) is 0.316. The number of benzene rings is 2. The Bertz CT molecular complexity index is 938. The molecular formula is C19H15F3N2O5. The number of halogens is 3. The zero-order valence-corrected chi connectivity index (χ0v) is 15.3. The Balaban J connectivity index is 2.18. The number of esters is 1. The maximum atomic E-state index is 12.6. The first-order valence-electron chi connectivity index (χ1n) is 7.98. The third-order valence-electron chi connectivity index (χ3n) is 3.55. The minimum atomic E-state index is -4.51. The number of hydrogen-bond acceptors (Lipinski definition) is 7. The normalized spacial score (nSPS) is 12.0. The van der Waals surface area contributed by atoms with Crippen LogP contribution in [-0.2, 0) is 25.4 Å². The smallest absolute Gasteiger partial charge is 0.416 e. The Morgan fingerprint density at radius 1 is 1.00 bits per heavy atom. The Labute approximate surface area is 163 Å². The fraction of sp³-hybridized carbons (Fsp3) is 0.158.